The highest BCUT2D eigenvalue weighted by molar-refractivity contribution is 8.00. The zero-order valence-corrected chi connectivity index (χ0v) is 13.9. The van der Waals surface area contributed by atoms with Crippen LogP contribution in [0.15, 0.2) is 18.2 Å². The van der Waals surface area contributed by atoms with E-state index in [1.54, 1.807) is 18.4 Å². The minimum absolute atomic E-state index is 0.142. The second-order valence-corrected chi connectivity index (χ2v) is 5.71. The van der Waals surface area contributed by atoms with Crippen LogP contribution < -0.4 is 9.47 Å². The Labute approximate surface area is 137 Å². The Morgan fingerprint density at radius 2 is 1.96 bits per heavy atom. The number of methoxy groups -OCH3 is 1. The maximum atomic E-state index is 12.9. The van der Waals surface area contributed by atoms with Gasteiger partial charge in [-0.1, -0.05) is 6.07 Å². The average molecular weight is 340 g/mol. The van der Waals surface area contributed by atoms with E-state index in [0.29, 0.717) is 5.75 Å². The van der Waals surface area contributed by atoms with Crippen LogP contribution in [0.25, 0.3) is 0 Å². The quantitative estimate of drug-likeness (QED) is 0.605. The molecule has 0 N–H and O–H groups in total. The molecular formula is C15H16O7S. The molecule has 0 saturated heterocycles. The topological polar surface area (TPSA) is 88.1 Å². The van der Waals surface area contributed by atoms with Crippen molar-refractivity contribution in [2.45, 2.75) is 25.1 Å². The van der Waals surface area contributed by atoms with Crippen molar-refractivity contribution in [2.24, 2.45) is 0 Å². The molecule has 1 aromatic rings. The normalized spacial score (nSPS) is 22.6. The van der Waals surface area contributed by atoms with Crippen molar-refractivity contribution in [3.8, 4) is 11.5 Å². The number of carbonyl (C=O) groups is 3. The lowest BCUT2D eigenvalue weighted by Crippen LogP contribution is -2.56. The summed E-state index contributed by atoms with van der Waals surface area (Å²) in [5.41, 5.74) is 0.184. The summed E-state index contributed by atoms with van der Waals surface area (Å²) in [4.78, 5) is 34.0. The molecule has 23 heavy (non-hydrogen) atoms. The first kappa shape index (κ1) is 17.1. The summed E-state index contributed by atoms with van der Waals surface area (Å²) in [6.45, 7) is 2.33. The molecule has 0 fully saturated rings. The first-order valence-corrected chi connectivity index (χ1v) is 7.88. The molecule has 0 aromatic heterocycles. The zero-order chi connectivity index (χ0) is 17.2. The predicted octanol–water partition coefficient (Wildman–Crippen LogP) is 1.78. The van der Waals surface area contributed by atoms with Crippen LogP contribution in [-0.4, -0.2) is 42.3 Å². The number of rotatable bonds is 4. The number of Topliss-reactive ketones (excluding diaryl/α,β-unsaturated/α-hetero) is 1. The van der Waals surface area contributed by atoms with Gasteiger partial charge in [0, 0.05) is 13.8 Å². The van der Waals surface area contributed by atoms with Crippen LogP contribution in [0.1, 0.15) is 24.2 Å². The summed E-state index contributed by atoms with van der Waals surface area (Å²) in [6, 6.07) is 4.75. The first-order chi connectivity index (χ1) is 10.9. The largest absolute Gasteiger partial charge is 0.493 e. The number of benzene rings is 1. The molecule has 0 bridgehead atoms. The fourth-order valence-corrected chi connectivity index (χ4v) is 3.03. The molecule has 1 aliphatic rings. The van der Waals surface area contributed by atoms with Crippen LogP contribution in [0.2, 0.25) is 0 Å². The predicted molar refractivity (Wildman–Crippen MR) is 81.5 cm³/mol. The number of ketones is 1. The van der Waals surface area contributed by atoms with Gasteiger partial charge < -0.3 is 18.9 Å². The van der Waals surface area contributed by atoms with E-state index in [-0.39, 0.29) is 11.3 Å². The first-order valence-electron chi connectivity index (χ1n) is 6.66. The molecular weight excluding hydrogens is 324 g/mol. The van der Waals surface area contributed by atoms with Crippen molar-refractivity contribution >= 4 is 29.5 Å². The van der Waals surface area contributed by atoms with Gasteiger partial charge in [-0.2, -0.15) is 0 Å². The fraction of sp³-hybridized carbons (Fsp3) is 0.400. The Kier molecular flexibility index (Phi) is 4.84. The molecule has 8 heteroatoms. The molecule has 1 aliphatic heterocycles. The fourth-order valence-electron chi connectivity index (χ4n) is 2.25. The highest BCUT2D eigenvalue weighted by Gasteiger charge is 2.57. The SMILES string of the molecule is COc1cccc2c1OC(OC(C)=O)C(OC(C)=O)(SC)C2=O. The van der Waals surface area contributed by atoms with E-state index in [1.807, 2.05) is 0 Å². The van der Waals surface area contributed by atoms with Gasteiger partial charge >= 0.3 is 18.2 Å². The van der Waals surface area contributed by atoms with Crippen molar-refractivity contribution in [1.29, 1.82) is 0 Å². The number of hydrogen-bond donors (Lipinski definition) is 0. The van der Waals surface area contributed by atoms with E-state index < -0.39 is 28.9 Å². The van der Waals surface area contributed by atoms with Gasteiger partial charge in [-0.15, -0.1) is 11.8 Å². The third kappa shape index (κ3) is 2.98. The maximum Gasteiger partial charge on any atom is 0.305 e. The number of esters is 2. The lowest BCUT2D eigenvalue weighted by molar-refractivity contribution is -0.191. The van der Waals surface area contributed by atoms with E-state index in [0.717, 1.165) is 18.7 Å². The summed E-state index contributed by atoms with van der Waals surface area (Å²) in [5.74, 6) is -1.45. The van der Waals surface area contributed by atoms with E-state index in [9.17, 15) is 14.4 Å². The van der Waals surface area contributed by atoms with Gasteiger partial charge in [0.25, 0.3) is 4.93 Å². The van der Waals surface area contributed by atoms with Gasteiger partial charge in [-0.25, -0.2) is 0 Å². The molecule has 2 rings (SSSR count). The number of para-hydroxylation sites is 1. The molecule has 1 heterocycles. The number of ether oxygens (including phenoxy) is 4. The number of fused-ring (bicyclic) bond motifs is 1. The molecule has 1 aromatic carbocycles. The Bertz CT molecular complexity index is 657. The van der Waals surface area contributed by atoms with Crippen LogP contribution in [0.3, 0.4) is 0 Å². The van der Waals surface area contributed by atoms with Crippen molar-refractivity contribution in [3.63, 3.8) is 0 Å². The molecule has 0 aliphatic carbocycles. The summed E-state index contributed by atoms with van der Waals surface area (Å²) in [6.07, 6.45) is 0.140. The van der Waals surface area contributed by atoms with Gasteiger partial charge in [0.05, 0.1) is 12.7 Å². The smallest absolute Gasteiger partial charge is 0.305 e. The monoisotopic (exact) mass is 340 g/mol. The van der Waals surface area contributed by atoms with Crippen molar-refractivity contribution in [3.05, 3.63) is 23.8 Å². The van der Waals surface area contributed by atoms with Gasteiger partial charge in [0.1, 0.15) is 0 Å². The van der Waals surface area contributed by atoms with Gasteiger partial charge in [0.2, 0.25) is 5.78 Å². The summed E-state index contributed by atoms with van der Waals surface area (Å²) in [5, 5.41) is 0. The van der Waals surface area contributed by atoms with E-state index in [2.05, 4.69) is 0 Å². The van der Waals surface area contributed by atoms with Gasteiger partial charge in [-0.05, 0) is 18.4 Å². The second-order valence-electron chi connectivity index (χ2n) is 4.69. The van der Waals surface area contributed by atoms with Crippen LogP contribution in [0.5, 0.6) is 11.5 Å². The van der Waals surface area contributed by atoms with Crippen molar-refractivity contribution in [1.82, 2.24) is 0 Å². The molecule has 0 radical (unpaired) electrons. The Morgan fingerprint density at radius 1 is 1.26 bits per heavy atom. The molecule has 2 unspecified atom stereocenters. The Morgan fingerprint density at radius 3 is 2.48 bits per heavy atom. The highest BCUT2D eigenvalue weighted by Crippen LogP contribution is 2.45. The lowest BCUT2D eigenvalue weighted by Gasteiger charge is -2.39. The molecule has 0 saturated carbocycles. The Balaban J connectivity index is 2.61. The standard InChI is InChI=1S/C15H16O7S/c1-8(16)20-14-15(23-4,22-9(2)17)13(18)10-6-5-7-11(19-3)12(10)21-14/h5-7,14H,1-4H3. The van der Waals surface area contributed by atoms with E-state index in [4.69, 9.17) is 18.9 Å². The average Bonchev–Trinajstić information content (AvgIpc) is 2.50. The van der Waals surface area contributed by atoms with Crippen LogP contribution in [0.4, 0.5) is 0 Å². The maximum absolute atomic E-state index is 12.9. The van der Waals surface area contributed by atoms with Crippen LogP contribution >= 0.6 is 11.8 Å². The highest BCUT2D eigenvalue weighted by atomic mass is 32.2. The minimum atomic E-state index is -1.81. The Hall–Kier alpha value is -2.22. The van der Waals surface area contributed by atoms with Crippen LogP contribution in [-0.2, 0) is 19.1 Å². The second kappa shape index (κ2) is 6.49. The zero-order valence-electron chi connectivity index (χ0n) is 13.1. The lowest BCUT2D eigenvalue weighted by atomic mass is 10.0. The number of hydrogen-bond acceptors (Lipinski definition) is 8. The summed E-state index contributed by atoms with van der Waals surface area (Å²) >= 11 is 0.921. The van der Waals surface area contributed by atoms with E-state index in [1.165, 1.54) is 20.1 Å². The van der Waals surface area contributed by atoms with Gasteiger partial charge in [0.15, 0.2) is 11.5 Å². The summed E-state index contributed by atoms with van der Waals surface area (Å²) < 4.78 is 21.1. The van der Waals surface area contributed by atoms with Crippen LogP contribution in [0, 0.1) is 0 Å². The number of carbonyl (C=O) groups excluding carboxylic acids is 3. The molecule has 0 amide bonds. The van der Waals surface area contributed by atoms with Gasteiger partial charge in [-0.3, -0.25) is 14.4 Å². The molecule has 124 valence electrons. The van der Waals surface area contributed by atoms with Crippen molar-refractivity contribution in [2.75, 3.05) is 13.4 Å². The molecule has 0 spiro atoms. The molecule has 7 nitrogen and oxygen atoms in total. The minimum Gasteiger partial charge on any atom is -0.493 e. The molecule has 2 atom stereocenters. The third-order valence-electron chi connectivity index (χ3n) is 3.17. The summed E-state index contributed by atoms with van der Waals surface area (Å²) in [7, 11) is 1.42. The third-order valence-corrected chi connectivity index (χ3v) is 4.23. The van der Waals surface area contributed by atoms with Crippen molar-refractivity contribution < 1.29 is 33.3 Å². The number of thioether (sulfide) groups is 1. The van der Waals surface area contributed by atoms with E-state index >= 15 is 0 Å².